The first-order valence-corrected chi connectivity index (χ1v) is 11.8. The van der Waals surface area contributed by atoms with Gasteiger partial charge in [-0.05, 0) is 43.2 Å². The summed E-state index contributed by atoms with van der Waals surface area (Å²) < 4.78 is 0. The molecule has 1 aromatic heterocycles. The van der Waals surface area contributed by atoms with Gasteiger partial charge >= 0.3 is 6.03 Å². The first kappa shape index (κ1) is 21.1. The van der Waals surface area contributed by atoms with E-state index in [1.165, 1.54) is 5.56 Å². The maximum Gasteiger partial charge on any atom is 0.326 e. The topological polar surface area (TPSA) is 58.1 Å². The number of anilines is 2. The van der Waals surface area contributed by atoms with Crippen molar-refractivity contribution in [3.8, 4) is 22.5 Å². The smallest absolute Gasteiger partial charge is 0.307 e. The predicted molar refractivity (Wildman–Crippen MR) is 142 cm³/mol. The Labute approximate surface area is 204 Å². The summed E-state index contributed by atoms with van der Waals surface area (Å²) >= 11 is 0. The van der Waals surface area contributed by atoms with E-state index in [0.29, 0.717) is 5.69 Å². The van der Waals surface area contributed by atoms with Crippen molar-refractivity contribution in [1.29, 1.82) is 0 Å². The molecule has 1 N–H and O–H groups in total. The van der Waals surface area contributed by atoms with Crippen LogP contribution in [0.3, 0.4) is 0 Å². The number of benzene rings is 4. The molecular formula is C30H24N4O. The second kappa shape index (κ2) is 8.69. The summed E-state index contributed by atoms with van der Waals surface area (Å²) in [6, 6.07) is 33.9. The molecule has 5 heteroatoms. The molecule has 0 unspecified atom stereocenters. The molecule has 170 valence electrons. The van der Waals surface area contributed by atoms with Gasteiger partial charge in [0, 0.05) is 28.5 Å². The van der Waals surface area contributed by atoms with Gasteiger partial charge < -0.3 is 5.32 Å². The highest BCUT2D eigenvalue weighted by atomic mass is 16.2. The zero-order valence-corrected chi connectivity index (χ0v) is 19.3. The highest BCUT2D eigenvalue weighted by molar-refractivity contribution is 6.04. The molecular weight excluding hydrogens is 432 g/mol. The summed E-state index contributed by atoms with van der Waals surface area (Å²) in [6.45, 7) is 2.07. The summed E-state index contributed by atoms with van der Waals surface area (Å²) in [4.78, 5) is 25.0. The standard InChI is InChI=1S/C30H24N4O/c1-20-18-23-14-8-9-15-27(23)34(20)30(35)31-24-16-17-25-26(19-24)33-29(22-12-6-3-7-13-22)28(32-25)21-10-4-2-5-11-21/h2-17,19-20H,18H2,1H3,(H,31,35)/t20-/m0/s1. The molecule has 0 saturated heterocycles. The lowest BCUT2D eigenvalue weighted by atomic mass is 10.0. The van der Waals surface area contributed by atoms with Gasteiger partial charge in [0.15, 0.2) is 0 Å². The van der Waals surface area contributed by atoms with Crippen LogP contribution in [-0.2, 0) is 6.42 Å². The van der Waals surface area contributed by atoms with Crippen molar-refractivity contribution in [3.63, 3.8) is 0 Å². The summed E-state index contributed by atoms with van der Waals surface area (Å²) in [5.41, 5.74) is 8.03. The van der Waals surface area contributed by atoms with E-state index in [-0.39, 0.29) is 12.1 Å². The lowest BCUT2D eigenvalue weighted by Crippen LogP contribution is -2.39. The van der Waals surface area contributed by atoms with E-state index in [1.54, 1.807) is 0 Å². The number of para-hydroxylation sites is 1. The van der Waals surface area contributed by atoms with Crippen LogP contribution in [-0.4, -0.2) is 22.0 Å². The minimum Gasteiger partial charge on any atom is -0.307 e. The van der Waals surface area contributed by atoms with Crippen molar-refractivity contribution in [1.82, 2.24) is 9.97 Å². The Morgan fingerprint density at radius 3 is 2.06 bits per heavy atom. The third-order valence-corrected chi connectivity index (χ3v) is 6.44. The monoisotopic (exact) mass is 456 g/mol. The predicted octanol–water partition coefficient (Wildman–Crippen LogP) is 6.95. The van der Waals surface area contributed by atoms with Gasteiger partial charge in [-0.15, -0.1) is 0 Å². The van der Waals surface area contributed by atoms with Crippen LogP contribution in [0, 0.1) is 0 Å². The molecule has 1 aliphatic rings. The van der Waals surface area contributed by atoms with E-state index in [2.05, 4.69) is 18.3 Å². The zero-order chi connectivity index (χ0) is 23.8. The van der Waals surface area contributed by atoms with E-state index in [1.807, 2.05) is 102 Å². The molecule has 0 aliphatic carbocycles. The number of amides is 2. The molecule has 0 spiro atoms. The Morgan fingerprint density at radius 2 is 1.37 bits per heavy atom. The van der Waals surface area contributed by atoms with Crippen LogP contribution in [0.4, 0.5) is 16.2 Å². The fourth-order valence-electron chi connectivity index (χ4n) is 4.79. The number of carbonyl (C=O) groups excluding carboxylic acids is 1. The maximum atomic E-state index is 13.2. The number of rotatable bonds is 3. The first-order chi connectivity index (χ1) is 17.2. The third-order valence-electron chi connectivity index (χ3n) is 6.44. The molecule has 0 bridgehead atoms. The van der Waals surface area contributed by atoms with Crippen LogP contribution < -0.4 is 10.2 Å². The first-order valence-electron chi connectivity index (χ1n) is 11.8. The largest absolute Gasteiger partial charge is 0.326 e. The van der Waals surface area contributed by atoms with E-state index in [0.717, 1.165) is 45.7 Å². The van der Waals surface area contributed by atoms with Gasteiger partial charge in [0.1, 0.15) is 0 Å². The normalized spacial score (nSPS) is 14.7. The SMILES string of the molecule is C[C@H]1Cc2ccccc2N1C(=O)Nc1ccc2nc(-c3ccccc3)c(-c3ccccc3)nc2c1. The highest BCUT2D eigenvalue weighted by Crippen LogP contribution is 2.34. The van der Waals surface area contributed by atoms with Crippen LogP contribution in [0.15, 0.2) is 103 Å². The van der Waals surface area contributed by atoms with Crippen LogP contribution >= 0.6 is 0 Å². The Balaban J connectivity index is 1.39. The molecule has 5 nitrogen and oxygen atoms in total. The molecule has 0 saturated carbocycles. The van der Waals surface area contributed by atoms with Gasteiger partial charge in [-0.25, -0.2) is 14.8 Å². The van der Waals surface area contributed by atoms with E-state index < -0.39 is 0 Å². The highest BCUT2D eigenvalue weighted by Gasteiger charge is 2.30. The molecule has 0 fully saturated rings. The third kappa shape index (κ3) is 3.91. The van der Waals surface area contributed by atoms with E-state index in [9.17, 15) is 4.79 Å². The Hall–Kier alpha value is -4.51. The fraction of sp³-hybridized carbons (Fsp3) is 0.100. The number of hydrogen-bond donors (Lipinski definition) is 1. The number of fused-ring (bicyclic) bond motifs is 2. The number of aromatic nitrogens is 2. The second-order valence-electron chi connectivity index (χ2n) is 8.84. The zero-order valence-electron chi connectivity index (χ0n) is 19.3. The average Bonchev–Trinajstić information content (AvgIpc) is 3.24. The summed E-state index contributed by atoms with van der Waals surface area (Å²) in [5, 5.41) is 3.07. The van der Waals surface area contributed by atoms with E-state index in [4.69, 9.17) is 9.97 Å². The Morgan fingerprint density at radius 1 is 0.771 bits per heavy atom. The summed E-state index contributed by atoms with van der Waals surface area (Å²) in [6.07, 6.45) is 0.857. The lowest BCUT2D eigenvalue weighted by Gasteiger charge is -2.23. The van der Waals surface area contributed by atoms with Crippen LogP contribution in [0.2, 0.25) is 0 Å². The minimum absolute atomic E-state index is 0.103. The number of carbonyl (C=O) groups is 1. The minimum atomic E-state index is -0.140. The Bertz CT molecular complexity index is 1530. The number of hydrogen-bond acceptors (Lipinski definition) is 3. The van der Waals surface area contributed by atoms with Gasteiger partial charge in [0.25, 0.3) is 0 Å². The molecule has 5 aromatic rings. The van der Waals surface area contributed by atoms with Gasteiger partial charge in [-0.2, -0.15) is 0 Å². The van der Waals surface area contributed by atoms with Crippen molar-refractivity contribution in [2.24, 2.45) is 0 Å². The molecule has 2 amide bonds. The molecule has 1 aliphatic heterocycles. The molecule has 4 aromatic carbocycles. The van der Waals surface area contributed by atoms with Crippen LogP contribution in [0.1, 0.15) is 12.5 Å². The van der Waals surface area contributed by atoms with Gasteiger partial charge in [0.05, 0.1) is 22.4 Å². The fourth-order valence-corrected chi connectivity index (χ4v) is 4.79. The molecule has 2 heterocycles. The maximum absolute atomic E-state index is 13.2. The van der Waals surface area contributed by atoms with Crippen molar-refractivity contribution < 1.29 is 4.79 Å². The molecule has 1 atom stereocenters. The lowest BCUT2D eigenvalue weighted by molar-refractivity contribution is 0.256. The summed E-state index contributed by atoms with van der Waals surface area (Å²) in [5.74, 6) is 0. The van der Waals surface area contributed by atoms with Crippen LogP contribution in [0.25, 0.3) is 33.5 Å². The quantitative estimate of drug-likeness (QED) is 0.320. The van der Waals surface area contributed by atoms with Crippen molar-refractivity contribution in [3.05, 3.63) is 109 Å². The Kier molecular flexibility index (Phi) is 5.23. The van der Waals surface area contributed by atoms with Crippen molar-refractivity contribution in [2.75, 3.05) is 10.2 Å². The van der Waals surface area contributed by atoms with Gasteiger partial charge in [-0.1, -0.05) is 78.9 Å². The number of urea groups is 1. The molecule has 0 radical (unpaired) electrons. The molecule has 35 heavy (non-hydrogen) atoms. The molecule has 6 rings (SSSR count). The van der Waals surface area contributed by atoms with Crippen LogP contribution in [0.5, 0.6) is 0 Å². The summed E-state index contributed by atoms with van der Waals surface area (Å²) in [7, 11) is 0. The van der Waals surface area contributed by atoms with Crippen molar-refractivity contribution >= 4 is 28.4 Å². The van der Waals surface area contributed by atoms with Gasteiger partial charge in [0.2, 0.25) is 0 Å². The average molecular weight is 457 g/mol. The van der Waals surface area contributed by atoms with Crippen molar-refractivity contribution in [2.45, 2.75) is 19.4 Å². The van der Waals surface area contributed by atoms with E-state index >= 15 is 0 Å². The van der Waals surface area contributed by atoms with Gasteiger partial charge in [-0.3, -0.25) is 4.90 Å². The number of nitrogens with zero attached hydrogens (tertiary/aromatic N) is 3. The second-order valence-corrected chi connectivity index (χ2v) is 8.84. The number of nitrogens with one attached hydrogen (secondary N) is 1.